The summed E-state index contributed by atoms with van der Waals surface area (Å²) >= 11 is 0. The first-order valence-electron chi connectivity index (χ1n) is 6.47. The summed E-state index contributed by atoms with van der Waals surface area (Å²) < 4.78 is 5.61. The summed E-state index contributed by atoms with van der Waals surface area (Å²) in [5.41, 5.74) is 0.664. The molecule has 1 rings (SSSR count). The van der Waals surface area contributed by atoms with Gasteiger partial charge in [-0.3, -0.25) is 0 Å². The Morgan fingerprint density at radius 1 is 1.00 bits per heavy atom. The Hall–Kier alpha value is -1.49. The molecule has 0 fully saturated rings. The number of unbranched alkanes of at least 4 members (excludes halogenated alkanes) is 5. The van der Waals surface area contributed by atoms with Gasteiger partial charge in [0.1, 0.15) is 5.75 Å². The molecular formula is C15H21NO. The van der Waals surface area contributed by atoms with Gasteiger partial charge >= 0.3 is 0 Å². The first kappa shape index (κ1) is 13.6. The summed E-state index contributed by atoms with van der Waals surface area (Å²) in [7, 11) is 0. The monoisotopic (exact) mass is 231 g/mol. The number of hydrogen-bond acceptors (Lipinski definition) is 1. The van der Waals surface area contributed by atoms with Crippen molar-refractivity contribution >= 4 is 5.69 Å². The van der Waals surface area contributed by atoms with Crippen LogP contribution in [0.25, 0.3) is 4.85 Å². The molecule has 17 heavy (non-hydrogen) atoms. The summed E-state index contributed by atoms with van der Waals surface area (Å²) in [5, 5.41) is 0. The first-order valence-corrected chi connectivity index (χ1v) is 6.47. The molecule has 0 bridgehead atoms. The van der Waals surface area contributed by atoms with Gasteiger partial charge in [0.25, 0.3) is 0 Å². The predicted octanol–water partition coefficient (Wildman–Crippen LogP) is 4.98. The Labute approximate surface area is 104 Å². The maximum absolute atomic E-state index is 6.85. The topological polar surface area (TPSA) is 13.6 Å². The third-order valence-electron chi connectivity index (χ3n) is 2.73. The minimum atomic E-state index is 0.664. The zero-order valence-corrected chi connectivity index (χ0v) is 10.6. The van der Waals surface area contributed by atoms with Crippen molar-refractivity contribution in [1.29, 1.82) is 0 Å². The molecule has 0 amide bonds. The van der Waals surface area contributed by atoms with Crippen molar-refractivity contribution in [1.82, 2.24) is 0 Å². The van der Waals surface area contributed by atoms with Gasteiger partial charge in [0.05, 0.1) is 13.2 Å². The van der Waals surface area contributed by atoms with Gasteiger partial charge in [-0.1, -0.05) is 51.2 Å². The zero-order chi connectivity index (χ0) is 12.3. The highest BCUT2D eigenvalue weighted by atomic mass is 16.5. The maximum atomic E-state index is 6.85. The van der Waals surface area contributed by atoms with Gasteiger partial charge in [0, 0.05) is 0 Å². The molecule has 92 valence electrons. The molecule has 0 saturated heterocycles. The molecule has 1 aromatic carbocycles. The number of benzene rings is 1. The molecule has 0 atom stereocenters. The fourth-order valence-corrected chi connectivity index (χ4v) is 1.69. The lowest BCUT2D eigenvalue weighted by Gasteiger charge is -2.05. The van der Waals surface area contributed by atoms with Crippen molar-refractivity contribution in [3.8, 4) is 5.75 Å². The summed E-state index contributed by atoms with van der Waals surface area (Å²) in [4.78, 5) is 3.34. The molecule has 0 heterocycles. The zero-order valence-electron chi connectivity index (χ0n) is 10.6. The highest BCUT2D eigenvalue weighted by molar-refractivity contribution is 5.46. The fourth-order valence-electron chi connectivity index (χ4n) is 1.69. The molecule has 0 aromatic heterocycles. The van der Waals surface area contributed by atoms with Crippen LogP contribution in [0.4, 0.5) is 5.69 Å². The average Bonchev–Trinajstić information content (AvgIpc) is 2.38. The quantitative estimate of drug-likeness (QED) is 0.454. The minimum absolute atomic E-state index is 0.664. The van der Waals surface area contributed by atoms with Crippen LogP contribution in [-0.4, -0.2) is 6.61 Å². The SMILES string of the molecule is [C-]#[N+]c1ccc(OCCCCCCCC)cc1. The van der Waals surface area contributed by atoms with Crippen LogP contribution in [0.3, 0.4) is 0 Å². The lowest BCUT2D eigenvalue weighted by atomic mass is 10.1. The lowest BCUT2D eigenvalue weighted by molar-refractivity contribution is 0.304. The Balaban J connectivity index is 2.08. The highest BCUT2D eigenvalue weighted by Gasteiger charge is 1.95. The molecule has 2 nitrogen and oxygen atoms in total. The van der Waals surface area contributed by atoms with Crippen molar-refractivity contribution in [3.05, 3.63) is 35.7 Å². The molecule has 0 aliphatic heterocycles. The Morgan fingerprint density at radius 2 is 1.65 bits per heavy atom. The van der Waals surface area contributed by atoms with Crippen molar-refractivity contribution in [2.24, 2.45) is 0 Å². The molecule has 0 spiro atoms. The van der Waals surface area contributed by atoms with E-state index >= 15 is 0 Å². The van der Waals surface area contributed by atoms with Crippen molar-refractivity contribution in [3.63, 3.8) is 0 Å². The third-order valence-corrected chi connectivity index (χ3v) is 2.73. The fraction of sp³-hybridized carbons (Fsp3) is 0.533. The van der Waals surface area contributed by atoms with Crippen LogP contribution in [0.1, 0.15) is 45.4 Å². The van der Waals surface area contributed by atoms with Gasteiger partial charge in [-0.25, -0.2) is 4.85 Å². The van der Waals surface area contributed by atoms with Crippen LogP contribution < -0.4 is 4.74 Å². The number of ether oxygens (including phenoxy) is 1. The van der Waals surface area contributed by atoms with Crippen molar-refractivity contribution in [2.75, 3.05) is 6.61 Å². The van der Waals surface area contributed by atoms with Crippen molar-refractivity contribution < 1.29 is 4.74 Å². The molecular weight excluding hydrogens is 210 g/mol. The molecule has 0 aliphatic carbocycles. The van der Waals surface area contributed by atoms with Crippen LogP contribution in [0.5, 0.6) is 5.75 Å². The molecule has 0 N–H and O–H groups in total. The average molecular weight is 231 g/mol. The van der Waals surface area contributed by atoms with E-state index in [0.717, 1.165) is 18.8 Å². The van der Waals surface area contributed by atoms with E-state index in [1.165, 1.54) is 32.1 Å². The second kappa shape index (κ2) is 8.64. The Kier molecular flexibility index (Phi) is 6.90. The standard InChI is InChI=1S/C15H21NO/c1-3-4-5-6-7-8-13-17-15-11-9-14(16-2)10-12-15/h9-12H,3-8,13H2,1H3. The van der Waals surface area contributed by atoms with Gasteiger partial charge in [-0.15, -0.1) is 0 Å². The third kappa shape index (κ3) is 5.97. The first-order chi connectivity index (χ1) is 8.36. The van der Waals surface area contributed by atoms with E-state index < -0.39 is 0 Å². The minimum Gasteiger partial charge on any atom is -0.494 e. The highest BCUT2D eigenvalue weighted by Crippen LogP contribution is 2.18. The van der Waals surface area contributed by atoms with Crippen LogP contribution in [0.15, 0.2) is 24.3 Å². The van der Waals surface area contributed by atoms with E-state index in [1.807, 2.05) is 12.1 Å². The Bertz CT molecular complexity index is 337. The van der Waals surface area contributed by atoms with Crippen LogP contribution in [0, 0.1) is 6.57 Å². The molecule has 1 aromatic rings. The summed E-state index contributed by atoms with van der Waals surface area (Å²) in [6.45, 7) is 9.86. The summed E-state index contributed by atoms with van der Waals surface area (Å²) in [6, 6.07) is 7.32. The second-order valence-corrected chi connectivity index (χ2v) is 4.22. The predicted molar refractivity (Wildman–Crippen MR) is 71.6 cm³/mol. The largest absolute Gasteiger partial charge is 0.494 e. The van der Waals surface area contributed by atoms with E-state index in [1.54, 1.807) is 12.1 Å². The molecule has 2 heteroatoms. The number of hydrogen-bond donors (Lipinski definition) is 0. The summed E-state index contributed by atoms with van der Waals surface area (Å²) in [6.07, 6.45) is 7.67. The number of nitrogens with zero attached hydrogens (tertiary/aromatic N) is 1. The van der Waals surface area contributed by atoms with E-state index in [0.29, 0.717) is 5.69 Å². The van der Waals surface area contributed by atoms with Crippen LogP contribution in [0.2, 0.25) is 0 Å². The smallest absolute Gasteiger partial charge is 0.187 e. The van der Waals surface area contributed by atoms with E-state index in [2.05, 4.69) is 11.8 Å². The second-order valence-electron chi connectivity index (χ2n) is 4.22. The van der Waals surface area contributed by atoms with Crippen molar-refractivity contribution in [2.45, 2.75) is 45.4 Å². The molecule has 0 radical (unpaired) electrons. The lowest BCUT2D eigenvalue weighted by Crippen LogP contribution is -1.96. The molecule has 0 aliphatic rings. The number of rotatable bonds is 8. The van der Waals surface area contributed by atoms with Gasteiger partial charge in [0.15, 0.2) is 5.69 Å². The molecule has 0 saturated carbocycles. The van der Waals surface area contributed by atoms with Crippen LogP contribution >= 0.6 is 0 Å². The van der Waals surface area contributed by atoms with Gasteiger partial charge in [-0.05, 0) is 18.6 Å². The van der Waals surface area contributed by atoms with Gasteiger partial charge < -0.3 is 4.74 Å². The van der Waals surface area contributed by atoms with Gasteiger partial charge in [0.2, 0.25) is 0 Å². The molecule has 0 unspecified atom stereocenters. The maximum Gasteiger partial charge on any atom is 0.187 e. The van der Waals surface area contributed by atoms with E-state index in [-0.39, 0.29) is 0 Å². The van der Waals surface area contributed by atoms with E-state index in [9.17, 15) is 0 Å². The Morgan fingerprint density at radius 3 is 2.29 bits per heavy atom. The normalized spacial score (nSPS) is 9.88. The van der Waals surface area contributed by atoms with E-state index in [4.69, 9.17) is 11.3 Å². The van der Waals surface area contributed by atoms with Crippen LogP contribution in [-0.2, 0) is 0 Å². The van der Waals surface area contributed by atoms with Gasteiger partial charge in [-0.2, -0.15) is 0 Å². The summed E-state index contributed by atoms with van der Waals surface area (Å²) in [5.74, 6) is 0.867.